The molecular weight excluding hydrogens is 443 g/mol. The Morgan fingerprint density at radius 3 is 2.17 bits per heavy atom. The first kappa shape index (κ1) is 22.2. The Bertz CT molecular complexity index is 1160. The predicted molar refractivity (Wildman–Crippen MR) is 122 cm³/mol. The van der Waals surface area contributed by atoms with E-state index in [9.17, 15) is 13.2 Å². The quantitative estimate of drug-likeness (QED) is 0.539. The van der Waals surface area contributed by atoms with E-state index in [1.54, 1.807) is 66.7 Å². The lowest BCUT2D eigenvalue weighted by Crippen LogP contribution is -2.26. The number of benzene rings is 3. The first-order valence-electron chi connectivity index (χ1n) is 9.06. The molecule has 3 aromatic rings. The molecule has 0 aliphatic heterocycles. The molecule has 3 aromatic carbocycles. The Morgan fingerprint density at radius 1 is 0.933 bits per heavy atom. The number of hydrogen-bond donors (Lipinski definition) is 1. The van der Waals surface area contributed by atoms with Gasteiger partial charge in [0.15, 0.2) is 0 Å². The largest absolute Gasteiger partial charge is 0.326 e. The third-order valence-electron chi connectivity index (χ3n) is 4.55. The van der Waals surface area contributed by atoms with Crippen LogP contribution in [-0.4, -0.2) is 21.4 Å². The van der Waals surface area contributed by atoms with Crippen LogP contribution >= 0.6 is 23.2 Å². The molecule has 0 atom stereocenters. The Labute approximate surface area is 186 Å². The maximum Gasteiger partial charge on any atom is 0.264 e. The molecule has 0 unspecified atom stereocenters. The van der Waals surface area contributed by atoms with Crippen LogP contribution in [0.25, 0.3) is 0 Å². The van der Waals surface area contributed by atoms with Crippen LogP contribution in [0.2, 0.25) is 10.0 Å². The van der Waals surface area contributed by atoms with E-state index in [1.807, 2.05) is 6.92 Å². The fourth-order valence-corrected chi connectivity index (χ4v) is 4.29. The monoisotopic (exact) mass is 462 g/mol. The summed E-state index contributed by atoms with van der Waals surface area (Å²) in [7, 11) is -2.16. The lowest BCUT2D eigenvalue weighted by molar-refractivity contribution is -0.115. The molecule has 0 saturated heterocycles. The summed E-state index contributed by atoms with van der Waals surface area (Å²) < 4.78 is 26.8. The summed E-state index contributed by atoms with van der Waals surface area (Å²) in [6, 6.07) is 18.4. The summed E-state index contributed by atoms with van der Waals surface area (Å²) in [4.78, 5) is 12.5. The third kappa shape index (κ3) is 5.14. The van der Waals surface area contributed by atoms with Crippen molar-refractivity contribution in [1.82, 2.24) is 0 Å². The average Bonchev–Trinajstić information content (AvgIpc) is 2.71. The molecule has 0 radical (unpaired) electrons. The highest BCUT2D eigenvalue weighted by Gasteiger charge is 2.21. The van der Waals surface area contributed by atoms with Gasteiger partial charge in [0.25, 0.3) is 10.0 Å². The van der Waals surface area contributed by atoms with Crippen molar-refractivity contribution in [2.24, 2.45) is 0 Å². The highest BCUT2D eigenvalue weighted by Crippen LogP contribution is 2.25. The zero-order chi connectivity index (χ0) is 21.9. The number of aryl methyl sites for hydroxylation is 1. The summed E-state index contributed by atoms with van der Waals surface area (Å²) in [6.45, 7) is 1.90. The molecule has 0 saturated carbocycles. The van der Waals surface area contributed by atoms with Gasteiger partial charge in [-0.3, -0.25) is 9.10 Å². The summed E-state index contributed by atoms with van der Waals surface area (Å²) in [6.07, 6.45) is 0.134. The molecule has 0 aliphatic rings. The van der Waals surface area contributed by atoms with Gasteiger partial charge in [-0.05, 0) is 55.0 Å². The van der Waals surface area contributed by atoms with Crippen molar-refractivity contribution >= 4 is 50.5 Å². The number of carbonyl (C=O) groups is 1. The number of amides is 1. The highest BCUT2D eigenvalue weighted by atomic mass is 35.5. The van der Waals surface area contributed by atoms with E-state index in [-0.39, 0.29) is 17.2 Å². The Morgan fingerprint density at radius 2 is 1.57 bits per heavy atom. The molecule has 0 aliphatic carbocycles. The van der Waals surface area contributed by atoms with Crippen LogP contribution in [-0.2, 0) is 21.2 Å². The van der Waals surface area contributed by atoms with Crippen molar-refractivity contribution in [2.75, 3.05) is 16.7 Å². The van der Waals surface area contributed by atoms with Gasteiger partial charge in [-0.15, -0.1) is 0 Å². The maximum atomic E-state index is 12.8. The van der Waals surface area contributed by atoms with Crippen LogP contribution in [0.1, 0.15) is 11.1 Å². The van der Waals surface area contributed by atoms with E-state index >= 15 is 0 Å². The lowest BCUT2D eigenvalue weighted by atomic mass is 10.1. The number of nitrogens with one attached hydrogen (secondary N) is 1. The average molecular weight is 463 g/mol. The Kier molecular flexibility index (Phi) is 6.71. The van der Waals surface area contributed by atoms with E-state index < -0.39 is 10.0 Å². The van der Waals surface area contributed by atoms with Gasteiger partial charge in [-0.25, -0.2) is 8.42 Å². The number of carbonyl (C=O) groups excluding carboxylic acids is 1. The lowest BCUT2D eigenvalue weighted by Gasteiger charge is -2.20. The fraction of sp³-hybridized carbons (Fsp3) is 0.136. The maximum absolute atomic E-state index is 12.8. The minimum Gasteiger partial charge on any atom is -0.326 e. The third-order valence-corrected chi connectivity index (χ3v) is 7.09. The minimum atomic E-state index is -3.66. The van der Waals surface area contributed by atoms with E-state index in [0.29, 0.717) is 21.4 Å². The molecule has 1 amide bonds. The SMILES string of the molecule is Cc1ccc(S(=O)(=O)N(C)c2ccc(CC(=O)Nc3ccc(Cl)c(Cl)c3)cc2)cc1. The van der Waals surface area contributed by atoms with Crippen LogP contribution < -0.4 is 9.62 Å². The smallest absolute Gasteiger partial charge is 0.264 e. The number of hydrogen-bond acceptors (Lipinski definition) is 3. The highest BCUT2D eigenvalue weighted by molar-refractivity contribution is 7.92. The molecule has 0 spiro atoms. The molecule has 5 nitrogen and oxygen atoms in total. The second-order valence-corrected chi connectivity index (χ2v) is 9.59. The number of anilines is 2. The van der Waals surface area contributed by atoms with Gasteiger partial charge in [-0.1, -0.05) is 53.0 Å². The molecule has 1 N–H and O–H groups in total. The summed E-state index contributed by atoms with van der Waals surface area (Å²) in [5.74, 6) is -0.221. The van der Waals surface area contributed by atoms with Gasteiger partial charge in [0.2, 0.25) is 5.91 Å². The van der Waals surface area contributed by atoms with Crippen molar-refractivity contribution in [2.45, 2.75) is 18.2 Å². The molecule has 0 fully saturated rings. The molecule has 30 heavy (non-hydrogen) atoms. The van der Waals surface area contributed by atoms with Gasteiger partial charge >= 0.3 is 0 Å². The summed E-state index contributed by atoms with van der Waals surface area (Å²) in [5.41, 5.74) is 2.79. The first-order valence-corrected chi connectivity index (χ1v) is 11.3. The van der Waals surface area contributed by atoms with Crippen molar-refractivity contribution < 1.29 is 13.2 Å². The minimum absolute atomic E-state index is 0.134. The van der Waals surface area contributed by atoms with Crippen molar-refractivity contribution in [3.63, 3.8) is 0 Å². The normalized spacial score (nSPS) is 11.2. The van der Waals surface area contributed by atoms with Crippen LogP contribution in [0.5, 0.6) is 0 Å². The summed E-state index contributed by atoms with van der Waals surface area (Å²) >= 11 is 11.8. The number of nitrogens with zero attached hydrogens (tertiary/aromatic N) is 1. The van der Waals surface area contributed by atoms with E-state index in [0.717, 1.165) is 11.1 Å². The van der Waals surface area contributed by atoms with Gasteiger partial charge in [0.05, 0.1) is 27.0 Å². The predicted octanol–water partition coefficient (Wildman–Crippen LogP) is 5.31. The summed E-state index contributed by atoms with van der Waals surface area (Å²) in [5, 5.41) is 3.53. The molecule has 156 valence electrons. The Balaban J connectivity index is 1.68. The topological polar surface area (TPSA) is 66.5 Å². The zero-order valence-corrected chi connectivity index (χ0v) is 18.7. The second kappa shape index (κ2) is 9.08. The van der Waals surface area contributed by atoms with Gasteiger partial charge in [-0.2, -0.15) is 0 Å². The first-order chi connectivity index (χ1) is 14.2. The van der Waals surface area contributed by atoms with E-state index in [1.165, 1.54) is 11.4 Å². The van der Waals surface area contributed by atoms with Crippen molar-refractivity contribution in [3.05, 3.63) is 87.9 Å². The second-order valence-electron chi connectivity index (χ2n) is 6.81. The number of sulfonamides is 1. The van der Waals surface area contributed by atoms with E-state index in [2.05, 4.69) is 5.32 Å². The molecule has 0 bridgehead atoms. The van der Waals surface area contributed by atoms with E-state index in [4.69, 9.17) is 23.2 Å². The molecule has 0 aromatic heterocycles. The zero-order valence-electron chi connectivity index (χ0n) is 16.4. The van der Waals surface area contributed by atoms with Gasteiger partial charge in [0.1, 0.15) is 0 Å². The van der Waals surface area contributed by atoms with Crippen LogP contribution in [0.15, 0.2) is 71.6 Å². The van der Waals surface area contributed by atoms with Gasteiger partial charge < -0.3 is 5.32 Å². The van der Waals surface area contributed by atoms with Crippen molar-refractivity contribution in [1.29, 1.82) is 0 Å². The Hall–Kier alpha value is -2.54. The molecule has 3 rings (SSSR count). The molecular formula is C22H20Cl2N2O3S. The van der Waals surface area contributed by atoms with Crippen molar-refractivity contribution in [3.8, 4) is 0 Å². The number of halogens is 2. The molecule has 0 heterocycles. The van der Waals surface area contributed by atoms with Crippen LogP contribution in [0, 0.1) is 6.92 Å². The van der Waals surface area contributed by atoms with Gasteiger partial charge in [0, 0.05) is 12.7 Å². The van der Waals surface area contributed by atoms with Crippen LogP contribution in [0.4, 0.5) is 11.4 Å². The van der Waals surface area contributed by atoms with Crippen LogP contribution in [0.3, 0.4) is 0 Å². The number of rotatable bonds is 6. The fourth-order valence-electron chi connectivity index (χ4n) is 2.80. The standard InChI is InChI=1S/C22H20Cl2N2O3S/c1-15-3-10-19(11-4-15)30(28,29)26(2)18-8-5-16(6-9-18)13-22(27)25-17-7-12-20(23)21(24)14-17/h3-12,14H,13H2,1-2H3,(H,25,27). The molecule has 8 heteroatoms.